The fourth-order valence-electron chi connectivity index (χ4n) is 1.32. The van der Waals surface area contributed by atoms with Crippen molar-refractivity contribution in [2.24, 2.45) is 0 Å². The molecule has 0 amide bonds. The Morgan fingerprint density at radius 1 is 1.36 bits per heavy atom. The molecule has 0 N–H and O–H groups in total. The Labute approximate surface area is 71.4 Å². The van der Waals surface area contributed by atoms with Crippen molar-refractivity contribution in [3.05, 3.63) is 0 Å². The van der Waals surface area contributed by atoms with Crippen molar-refractivity contribution in [2.75, 3.05) is 19.6 Å². The van der Waals surface area contributed by atoms with E-state index in [1.165, 1.54) is 19.3 Å². The molecule has 1 heterocycles. The van der Waals surface area contributed by atoms with Crippen LogP contribution >= 0.6 is 11.9 Å². The molecule has 11 heavy (non-hydrogen) atoms. The van der Waals surface area contributed by atoms with Crippen molar-refractivity contribution in [3.8, 4) is 0 Å². The maximum absolute atomic E-state index is 10.7. The molecule has 3 nitrogen and oxygen atoms in total. The molecule has 0 aromatic rings. The molecule has 0 saturated carbocycles. The normalized spacial score (nSPS) is 19.7. The third kappa shape index (κ3) is 3.08. The van der Waals surface area contributed by atoms with Crippen LogP contribution in [0.5, 0.6) is 0 Å². The van der Waals surface area contributed by atoms with Gasteiger partial charge in [-0.3, -0.25) is 4.90 Å². The van der Waals surface area contributed by atoms with Gasteiger partial charge in [0.25, 0.3) is 0 Å². The Kier molecular flexibility index (Phi) is 3.66. The van der Waals surface area contributed by atoms with E-state index in [0.717, 1.165) is 13.1 Å². The number of hydrogen-bond acceptors (Lipinski definition) is 3. The van der Waals surface area contributed by atoms with Crippen LogP contribution in [0.4, 0.5) is 0 Å². The average Bonchev–Trinajstić information content (AvgIpc) is 2.06. The smallest absolute Gasteiger partial charge is 0.338 e. The Morgan fingerprint density at radius 2 is 2.00 bits per heavy atom. The lowest BCUT2D eigenvalue weighted by Crippen LogP contribution is -2.34. The number of piperidine rings is 1. The molecule has 0 unspecified atom stereocenters. The van der Waals surface area contributed by atoms with Gasteiger partial charge in [-0.25, -0.2) is 4.79 Å². The summed E-state index contributed by atoms with van der Waals surface area (Å²) in [6.45, 7) is 2.32. The maximum Gasteiger partial charge on any atom is 0.338 e. The largest absolute Gasteiger partial charge is 0.346 e. The summed E-state index contributed by atoms with van der Waals surface area (Å²) in [5, 5.41) is 0. The molecule has 0 spiro atoms. The van der Waals surface area contributed by atoms with E-state index in [2.05, 4.69) is 9.19 Å². The standard InChI is InChI=1S/C7H12ClNO2/c8-11-7(10)6-9-4-2-1-3-5-9/h1-6H2. The summed E-state index contributed by atoms with van der Waals surface area (Å²) in [5.74, 6) is -0.353. The Bertz CT molecular complexity index is 134. The molecule has 1 saturated heterocycles. The molecule has 0 aromatic heterocycles. The summed E-state index contributed by atoms with van der Waals surface area (Å²) < 4.78 is 4.04. The number of carbonyl (C=O) groups excluding carboxylic acids is 1. The van der Waals surface area contributed by atoms with Crippen LogP contribution in [0.25, 0.3) is 0 Å². The fraction of sp³-hybridized carbons (Fsp3) is 0.857. The molecule has 1 fully saturated rings. The second-order valence-electron chi connectivity index (χ2n) is 2.79. The van der Waals surface area contributed by atoms with Gasteiger partial charge in [0.05, 0.1) is 6.54 Å². The first kappa shape index (κ1) is 8.81. The van der Waals surface area contributed by atoms with Gasteiger partial charge in [-0.15, -0.1) is 0 Å². The van der Waals surface area contributed by atoms with Crippen molar-refractivity contribution >= 4 is 17.8 Å². The molecule has 1 rings (SSSR count). The number of halogens is 1. The minimum Gasteiger partial charge on any atom is -0.346 e. The molecule has 0 aromatic carbocycles. The van der Waals surface area contributed by atoms with Crippen molar-refractivity contribution in [2.45, 2.75) is 19.3 Å². The molecule has 4 heteroatoms. The predicted octanol–water partition coefficient (Wildman–Crippen LogP) is 1.17. The molecule has 0 radical (unpaired) electrons. The number of rotatable bonds is 2. The van der Waals surface area contributed by atoms with Gasteiger partial charge < -0.3 is 4.29 Å². The SMILES string of the molecule is O=C(CN1CCCCC1)OCl. The molecular formula is C7H12ClNO2. The second kappa shape index (κ2) is 4.57. The number of hydrogen-bond donors (Lipinski definition) is 0. The molecule has 0 aliphatic carbocycles. The van der Waals surface area contributed by atoms with Crippen LogP contribution in [0, 0.1) is 0 Å². The lowest BCUT2D eigenvalue weighted by atomic mass is 10.1. The Balaban J connectivity index is 2.19. The summed E-state index contributed by atoms with van der Waals surface area (Å²) in [4.78, 5) is 12.7. The van der Waals surface area contributed by atoms with Gasteiger partial charge in [0.1, 0.15) is 11.9 Å². The van der Waals surface area contributed by atoms with Gasteiger partial charge in [-0.2, -0.15) is 0 Å². The van der Waals surface area contributed by atoms with Crippen LogP contribution in [0.3, 0.4) is 0 Å². The third-order valence-corrected chi connectivity index (χ3v) is 2.06. The first-order valence-corrected chi connectivity index (χ1v) is 4.17. The summed E-state index contributed by atoms with van der Waals surface area (Å²) in [6.07, 6.45) is 3.62. The van der Waals surface area contributed by atoms with E-state index in [-0.39, 0.29) is 5.97 Å². The zero-order chi connectivity index (χ0) is 8.10. The summed E-state index contributed by atoms with van der Waals surface area (Å²) >= 11 is 4.90. The summed E-state index contributed by atoms with van der Waals surface area (Å²) in [6, 6.07) is 0. The third-order valence-electron chi connectivity index (χ3n) is 1.89. The zero-order valence-electron chi connectivity index (χ0n) is 6.38. The minimum absolute atomic E-state index is 0.337. The molecule has 0 bridgehead atoms. The monoisotopic (exact) mass is 177 g/mol. The molecule has 1 aliphatic rings. The molecule has 0 atom stereocenters. The second-order valence-corrected chi connectivity index (χ2v) is 2.94. The van der Waals surface area contributed by atoms with Crippen LogP contribution in [-0.2, 0) is 9.08 Å². The highest BCUT2D eigenvalue weighted by molar-refractivity contribution is 6.13. The van der Waals surface area contributed by atoms with E-state index < -0.39 is 0 Å². The van der Waals surface area contributed by atoms with Crippen LogP contribution in [0.15, 0.2) is 0 Å². The van der Waals surface area contributed by atoms with Crippen molar-refractivity contribution in [1.82, 2.24) is 4.90 Å². The van der Waals surface area contributed by atoms with Crippen molar-refractivity contribution < 1.29 is 9.08 Å². The first-order chi connectivity index (χ1) is 5.33. The quantitative estimate of drug-likeness (QED) is 0.634. The molecule has 64 valence electrons. The molecular weight excluding hydrogens is 166 g/mol. The minimum atomic E-state index is -0.353. The predicted molar refractivity (Wildman–Crippen MR) is 42.2 cm³/mol. The Hall–Kier alpha value is -0.280. The van der Waals surface area contributed by atoms with Crippen molar-refractivity contribution in [3.63, 3.8) is 0 Å². The van der Waals surface area contributed by atoms with Crippen molar-refractivity contribution in [1.29, 1.82) is 0 Å². The zero-order valence-corrected chi connectivity index (χ0v) is 7.14. The van der Waals surface area contributed by atoms with Gasteiger partial charge in [0, 0.05) is 0 Å². The van der Waals surface area contributed by atoms with Gasteiger partial charge in [-0.1, -0.05) is 6.42 Å². The van der Waals surface area contributed by atoms with Gasteiger partial charge in [0.2, 0.25) is 0 Å². The highest BCUT2D eigenvalue weighted by Gasteiger charge is 2.13. The Morgan fingerprint density at radius 3 is 2.55 bits per heavy atom. The molecule has 1 aliphatic heterocycles. The van der Waals surface area contributed by atoms with Crippen LogP contribution < -0.4 is 0 Å². The van der Waals surface area contributed by atoms with Gasteiger partial charge >= 0.3 is 5.97 Å². The highest BCUT2D eigenvalue weighted by Crippen LogP contribution is 2.07. The lowest BCUT2D eigenvalue weighted by Gasteiger charge is -2.24. The lowest BCUT2D eigenvalue weighted by molar-refractivity contribution is -0.135. The van der Waals surface area contributed by atoms with Crippen LogP contribution in [0.1, 0.15) is 19.3 Å². The van der Waals surface area contributed by atoms with Crippen LogP contribution in [-0.4, -0.2) is 30.5 Å². The number of likely N-dealkylation sites (tertiary alicyclic amines) is 1. The number of carbonyl (C=O) groups is 1. The van der Waals surface area contributed by atoms with E-state index in [9.17, 15) is 4.79 Å². The summed E-state index contributed by atoms with van der Waals surface area (Å²) in [7, 11) is 0. The topological polar surface area (TPSA) is 29.5 Å². The van der Waals surface area contributed by atoms with E-state index in [0.29, 0.717) is 6.54 Å². The first-order valence-electron chi connectivity index (χ1n) is 3.86. The maximum atomic E-state index is 10.7. The summed E-state index contributed by atoms with van der Waals surface area (Å²) in [5.41, 5.74) is 0. The number of nitrogens with zero attached hydrogens (tertiary/aromatic N) is 1. The van der Waals surface area contributed by atoms with Crippen LogP contribution in [0.2, 0.25) is 0 Å². The van der Waals surface area contributed by atoms with Gasteiger partial charge in [-0.05, 0) is 25.9 Å². The van der Waals surface area contributed by atoms with E-state index in [4.69, 9.17) is 11.9 Å². The van der Waals surface area contributed by atoms with E-state index in [1.54, 1.807) is 0 Å². The highest BCUT2D eigenvalue weighted by atomic mass is 35.5. The van der Waals surface area contributed by atoms with Gasteiger partial charge in [0.15, 0.2) is 0 Å². The van der Waals surface area contributed by atoms with E-state index in [1.807, 2.05) is 0 Å². The average molecular weight is 178 g/mol. The van der Waals surface area contributed by atoms with E-state index >= 15 is 0 Å². The fourth-order valence-corrected chi connectivity index (χ4v) is 1.37.